The second kappa shape index (κ2) is 7.57. The van der Waals surface area contributed by atoms with Crippen molar-refractivity contribution < 1.29 is 9.90 Å². The fourth-order valence-electron chi connectivity index (χ4n) is 3.19. The first-order valence-electron chi connectivity index (χ1n) is 7.81. The number of nitrogens with zero attached hydrogens (tertiary/aromatic N) is 1. The van der Waals surface area contributed by atoms with Crippen molar-refractivity contribution in [2.75, 3.05) is 12.4 Å². The van der Waals surface area contributed by atoms with E-state index in [1.165, 1.54) is 6.92 Å². The summed E-state index contributed by atoms with van der Waals surface area (Å²) in [5.74, 6) is -0.0462. The molecule has 122 valence electrons. The van der Waals surface area contributed by atoms with E-state index in [9.17, 15) is 9.90 Å². The topological polar surface area (TPSA) is 52.6 Å². The molecule has 0 radical (unpaired) electrons. The summed E-state index contributed by atoms with van der Waals surface area (Å²) in [6.45, 7) is 4.34. The molecule has 1 saturated carbocycles. The Labute approximate surface area is 141 Å². The average Bonchev–Trinajstić information content (AvgIpc) is 2.43. The average molecular weight is 369 g/mol. The van der Waals surface area contributed by atoms with Crippen LogP contribution in [0.4, 0.5) is 5.69 Å². The lowest BCUT2D eigenvalue weighted by atomic mass is 9.92. The van der Waals surface area contributed by atoms with Crippen molar-refractivity contribution in [2.45, 2.75) is 58.2 Å². The number of halogens is 1. The highest BCUT2D eigenvalue weighted by molar-refractivity contribution is 9.10. The van der Waals surface area contributed by atoms with Crippen LogP contribution in [-0.4, -0.2) is 35.1 Å². The minimum absolute atomic E-state index is 0.0462. The lowest BCUT2D eigenvalue weighted by Crippen LogP contribution is -2.36. The summed E-state index contributed by atoms with van der Waals surface area (Å²) in [6, 6.07) is 4.59. The highest BCUT2D eigenvalue weighted by Gasteiger charge is 2.23. The third-order valence-corrected chi connectivity index (χ3v) is 4.85. The molecule has 0 heterocycles. The first kappa shape index (κ1) is 17.4. The van der Waals surface area contributed by atoms with Crippen LogP contribution in [0.15, 0.2) is 16.6 Å². The lowest BCUT2D eigenvalue weighted by Gasteiger charge is -2.33. The summed E-state index contributed by atoms with van der Waals surface area (Å²) in [6.07, 6.45) is 3.68. The van der Waals surface area contributed by atoms with Crippen LogP contribution in [0.5, 0.6) is 0 Å². The lowest BCUT2D eigenvalue weighted by molar-refractivity contribution is -0.114. The van der Waals surface area contributed by atoms with Crippen LogP contribution in [0.2, 0.25) is 0 Å². The molecule has 1 fully saturated rings. The Morgan fingerprint density at radius 2 is 2.00 bits per heavy atom. The van der Waals surface area contributed by atoms with Crippen molar-refractivity contribution in [2.24, 2.45) is 0 Å². The molecule has 2 rings (SSSR count). The number of nitrogens with one attached hydrogen (secondary N) is 1. The van der Waals surface area contributed by atoms with Gasteiger partial charge in [-0.1, -0.05) is 15.9 Å². The van der Waals surface area contributed by atoms with Crippen LogP contribution in [0.3, 0.4) is 0 Å². The molecule has 4 nitrogen and oxygen atoms in total. The van der Waals surface area contributed by atoms with Gasteiger partial charge in [0.15, 0.2) is 0 Å². The van der Waals surface area contributed by atoms with E-state index in [1.54, 1.807) is 0 Å². The van der Waals surface area contributed by atoms with E-state index in [1.807, 2.05) is 13.0 Å². The standard InChI is InChI=1S/C17H25BrN2O2/c1-11-8-14(18)9-13(17(11)19-12(2)21)10-20(3)15-4-6-16(22)7-5-15/h8-9,15-16,22H,4-7,10H2,1-3H3,(H,19,21). The predicted octanol–water partition coefficient (Wildman–Crippen LogP) is 3.45. The van der Waals surface area contributed by atoms with Gasteiger partial charge < -0.3 is 10.4 Å². The molecule has 1 aliphatic rings. The summed E-state index contributed by atoms with van der Waals surface area (Å²) in [5, 5.41) is 12.6. The van der Waals surface area contributed by atoms with Gasteiger partial charge in [-0.05, 0) is 62.9 Å². The number of benzene rings is 1. The maximum absolute atomic E-state index is 11.5. The normalized spacial score (nSPS) is 21.9. The fourth-order valence-corrected chi connectivity index (χ4v) is 3.81. The van der Waals surface area contributed by atoms with Crippen LogP contribution in [0, 0.1) is 6.92 Å². The zero-order chi connectivity index (χ0) is 16.3. The molecule has 22 heavy (non-hydrogen) atoms. The molecule has 0 atom stereocenters. The second-order valence-electron chi connectivity index (χ2n) is 6.32. The summed E-state index contributed by atoms with van der Waals surface area (Å²) in [4.78, 5) is 13.8. The second-order valence-corrected chi connectivity index (χ2v) is 7.23. The van der Waals surface area contributed by atoms with Gasteiger partial charge in [-0.2, -0.15) is 0 Å². The van der Waals surface area contributed by atoms with E-state index in [4.69, 9.17) is 0 Å². The van der Waals surface area contributed by atoms with Gasteiger partial charge in [-0.25, -0.2) is 0 Å². The Hall–Kier alpha value is -0.910. The number of hydrogen-bond acceptors (Lipinski definition) is 3. The fraction of sp³-hybridized carbons (Fsp3) is 0.588. The first-order valence-corrected chi connectivity index (χ1v) is 8.61. The summed E-state index contributed by atoms with van der Waals surface area (Å²) >= 11 is 3.54. The molecule has 1 aliphatic carbocycles. The number of rotatable bonds is 4. The van der Waals surface area contributed by atoms with Gasteiger partial charge >= 0.3 is 0 Å². The SMILES string of the molecule is CC(=O)Nc1c(C)cc(Br)cc1CN(C)C1CCC(O)CC1. The van der Waals surface area contributed by atoms with E-state index in [-0.39, 0.29) is 12.0 Å². The largest absolute Gasteiger partial charge is 0.393 e. The van der Waals surface area contributed by atoms with E-state index in [2.05, 4.69) is 39.3 Å². The molecular weight excluding hydrogens is 344 g/mol. The Kier molecular flexibility index (Phi) is 6.01. The van der Waals surface area contributed by atoms with E-state index < -0.39 is 0 Å². The zero-order valence-electron chi connectivity index (χ0n) is 13.5. The van der Waals surface area contributed by atoms with Gasteiger partial charge in [0, 0.05) is 29.7 Å². The molecule has 2 N–H and O–H groups in total. The number of carbonyl (C=O) groups excluding carboxylic acids is 1. The molecule has 1 aromatic carbocycles. The van der Waals surface area contributed by atoms with E-state index in [0.717, 1.165) is 53.5 Å². The maximum atomic E-state index is 11.5. The van der Waals surface area contributed by atoms with Gasteiger partial charge in [0.25, 0.3) is 0 Å². The van der Waals surface area contributed by atoms with Gasteiger partial charge in [0.2, 0.25) is 5.91 Å². The van der Waals surface area contributed by atoms with Crippen LogP contribution in [0.25, 0.3) is 0 Å². The molecule has 0 saturated heterocycles. The van der Waals surface area contributed by atoms with Crippen molar-refractivity contribution in [3.8, 4) is 0 Å². The van der Waals surface area contributed by atoms with Crippen LogP contribution < -0.4 is 5.32 Å². The Morgan fingerprint density at radius 3 is 2.59 bits per heavy atom. The number of aliphatic hydroxyl groups excluding tert-OH is 1. The van der Waals surface area contributed by atoms with Gasteiger partial charge in [-0.3, -0.25) is 9.69 Å². The molecule has 0 unspecified atom stereocenters. The first-order chi connectivity index (χ1) is 10.4. The number of aliphatic hydroxyl groups is 1. The molecule has 5 heteroatoms. The number of anilines is 1. The molecule has 0 aromatic heterocycles. The van der Waals surface area contributed by atoms with Crippen molar-refractivity contribution >= 4 is 27.5 Å². The monoisotopic (exact) mass is 368 g/mol. The number of aryl methyl sites for hydroxylation is 1. The summed E-state index contributed by atoms with van der Waals surface area (Å²) in [7, 11) is 2.12. The third-order valence-electron chi connectivity index (χ3n) is 4.39. The van der Waals surface area contributed by atoms with Crippen LogP contribution in [-0.2, 0) is 11.3 Å². The summed E-state index contributed by atoms with van der Waals surface area (Å²) < 4.78 is 1.03. The van der Waals surface area contributed by atoms with Gasteiger partial charge in [-0.15, -0.1) is 0 Å². The zero-order valence-corrected chi connectivity index (χ0v) is 15.1. The van der Waals surface area contributed by atoms with Crippen LogP contribution >= 0.6 is 15.9 Å². The Morgan fingerprint density at radius 1 is 1.36 bits per heavy atom. The summed E-state index contributed by atoms with van der Waals surface area (Å²) in [5.41, 5.74) is 3.10. The van der Waals surface area contributed by atoms with Crippen molar-refractivity contribution in [3.05, 3.63) is 27.7 Å². The third kappa shape index (κ3) is 4.54. The Balaban J connectivity index is 2.15. The molecule has 1 aromatic rings. The maximum Gasteiger partial charge on any atom is 0.221 e. The molecule has 1 amide bonds. The Bertz CT molecular complexity index is 540. The highest BCUT2D eigenvalue weighted by Crippen LogP contribution is 2.29. The molecular formula is C17H25BrN2O2. The quantitative estimate of drug-likeness (QED) is 0.855. The van der Waals surface area contributed by atoms with Crippen molar-refractivity contribution in [1.29, 1.82) is 0 Å². The highest BCUT2D eigenvalue weighted by atomic mass is 79.9. The minimum Gasteiger partial charge on any atom is -0.393 e. The van der Waals surface area contributed by atoms with Crippen LogP contribution in [0.1, 0.15) is 43.7 Å². The molecule has 0 aliphatic heterocycles. The molecule has 0 spiro atoms. The van der Waals surface area contributed by atoms with Crippen molar-refractivity contribution in [1.82, 2.24) is 4.90 Å². The van der Waals surface area contributed by atoms with E-state index >= 15 is 0 Å². The minimum atomic E-state index is -0.132. The van der Waals surface area contributed by atoms with Crippen molar-refractivity contribution in [3.63, 3.8) is 0 Å². The molecule has 0 bridgehead atoms. The van der Waals surface area contributed by atoms with Gasteiger partial charge in [0.05, 0.1) is 6.10 Å². The smallest absolute Gasteiger partial charge is 0.221 e. The number of hydrogen-bond donors (Lipinski definition) is 2. The predicted molar refractivity (Wildman–Crippen MR) is 92.9 cm³/mol. The number of carbonyl (C=O) groups is 1. The van der Waals surface area contributed by atoms with Gasteiger partial charge in [0.1, 0.15) is 0 Å². The number of amides is 1. The van der Waals surface area contributed by atoms with E-state index in [0.29, 0.717) is 6.04 Å².